The number of carbonyl (C=O) groups excluding carboxylic acids is 3. The monoisotopic (exact) mass is 340 g/mol. The van der Waals surface area contributed by atoms with Crippen molar-refractivity contribution >= 4 is 17.9 Å². The molecule has 1 spiro atoms. The lowest BCUT2D eigenvalue weighted by atomic mass is 9.55. The lowest BCUT2D eigenvalue weighted by molar-refractivity contribution is -0.207. The summed E-state index contributed by atoms with van der Waals surface area (Å²) in [5.41, 5.74) is -4.48. The summed E-state index contributed by atoms with van der Waals surface area (Å²) >= 11 is 0. The molecule has 0 aromatic rings. The van der Waals surface area contributed by atoms with Gasteiger partial charge in [-0.1, -0.05) is 0 Å². The molecule has 0 amide bonds. The molecule has 1 saturated carbocycles. The molecule has 0 bridgehead atoms. The van der Waals surface area contributed by atoms with E-state index in [9.17, 15) is 19.5 Å². The molecule has 7 nitrogen and oxygen atoms in total. The Morgan fingerprint density at radius 2 is 1.88 bits per heavy atom. The van der Waals surface area contributed by atoms with E-state index in [0.717, 1.165) is 0 Å². The van der Waals surface area contributed by atoms with Crippen molar-refractivity contribution in [3.8, 4) is 0 Å². The van der Waals surface area contributed by atoms with Crippen LogP contribution in [0.5, 0.6) is 0 Å². The van der Waals surface area contributed by atoms with E-state index in [1.165, 1.54) is 6.92 Å². The highest BCUT2D eigenvalue weighted by Crippen LogP contribution is 2.68. The second kappa shape index (κ2) is 4.94. The van der Waals surface area contributed by atoms with Gasteiger partial charge in [0.25, 0.3) is 0 Å². The molecule has 1 aliphatic carbocycles. The first-order valence-electron chi connectivity index (χ1n) is 8.27. The molecule has 1 N–H and O–H groups in total. The Balaban J connectivity index is 2.15. The number of cyclic esters (lactones) is 1. The summed E-state index contributed by atoms with van der Waals surface area (Å²) in [5.74, 6) is -1.37. The third-order valence-corrected chi connectivity index (χ3v) is 6.72. The molecule has 0 radical (unpaired) electrons. The molecule has 5 unspecified atom stereocenters. The molecular weight excluding hydrogens is 316 g/mol. The van der Waals surface area contributed by atoms with Crippen molar-refractivity contribution < 1.29 is 33.7 Å². The molecule has 0 aromatic carbocycles. The minimum absolute atomic E-state index is 0.0442. The van der Waals surface area contributed by atoms with Crippen molar-refractivity contribution in [2.45, 2.75) is 70.7 Å². The molecule has 2 aliphatic heterocycles. The van der Waals surface area contributed by atoms with E-state index < -0.39 is 46.0 Å². The van der Waals surface area contributed by atoms with E-state index in [-0.39, 0.29) is 19.4 Å². The first kappa shape index (κ1) is 17.2. The molecule has 2 heterocycles. The third-order valence-electron chi connectivity index (χ3n) is 6.72. The van der Waals surface area contributed by atoms with Gasteiger partial charge >= 0.3 is 17.9 Å². The molecular formula is C17H24O7. The second-order valence-corrected chi connectivity index (χ2v) is 7.83. The van der Waals surface area contributed by atoms with Gasteiger partial charge in [-0.2, -0.15) is 0 Å². The third kappa shape index (κ3) is 1.90. The number of hydrogen-bond donors (Lipinski definition) is 1. The zero-order chi connectivity index (χ0) is 18.0. The van der Waals surface area contributed by atoms with Crippen molar-refractivity contribution in [1.82, 2.24) is 0 Å². The van der Waals surface area contributed by atoms with Crippen molar-refractivity contribution in [2.24, 2.45) is 10.8 Å². The average molecular weight is 340 g/mol. The molecule has 134 valence electrons. The maximum absolute atomic E-state index is 12.4. The van der Waals surface area contributed by atoms with Crippen molar-refractivity contribution in [1.29, 1.82) is 0 Å². The fourth-order valence-electron chi connectivity index (χ4n) is 5.02. The minimum atomic E-state index is -1.43. The highest BCUT2D eigenvalue weighted by molar-refractivity contribution is 5.79. The van der Waals surface area contributed by atoms with Crippen LogP contribution in [0, 0.1) is 10.8 Å². The van der Waals surface area contributed by atoms with Gasteiger partial charge in [-0.15, -0.1) is 0 Å². The standard InChI is InChI=1S/C17H24O7/c1-10-14(3,9-22-11(2)18)17(21)6-5-15(4)16(17,7-12(19)23-10)8-13(20)24-15/h10,21H,5-9H2,1-4H3. The Labute approximate surface area is 140 Å². The number of rotatable bonds is 2. The smallest absolute Gasteiger partial charge is 0.307 e. The van der Waals surface area contributed by atoms with Gasteiger partial charge in [0.1, 0.15) is 18.3 Å². The zero-order valence-electron chi connectivity index (χ0n) is 14.5. The molecule has 24 heavy (non-hydrogen) atoms. The van der Waals surface area contributed by atoms with Gasteiger partial charge in [0.05, 0.1) is 29.3 Å². The largest absolute Gasteiger partial charge is 0.465 e. The van der Waals surface area contributed by atoms with Crippen molar-refractivity contribution in [2.75, 3.05) is 6.61 Å². The first-order valence-corrected chi connectivity index (χ1v) is 8.27. The predicted molar refractivity (Wildman–Crippen MR) is 80.6 cm³/mol. The van der Waals surface area contributed by atoms with Crippen LogP contribution in [0.3, 0.4) is 0 Å². The highest BCUT2D eigenvalue weighted by Gasteiger charge is 2.78. The van der Waals surface area contributed by atoms with Gasteiger partial charge in [0.2, 0.25) is 0 Å². The van der Waals surface area contributed by atoms with Crippen LogP contribution in [-0.4, -0.2) is 46.9 Å². The van der Waals surface area contributed by atoms with Gasteiger partial charge in [-0.3, -0.25) is 14.4 Å². The molecule has 5 atom stereocenters. The maximum atomic E-state index is 12.4. The van der Waals surface area contributed by atoms with Gasteiger partial charge in [-0.25, -0.2) is 0 Å². The summed E-state index contributed by atoms with van der Waals surface area (Å²) in [6.45, 7) is 6.39. The van der Waals surface area contributed by atoms with E-state index >= 15 is 0 Å². The van der Waals surface area contributed by atoms with Gasteiger partial charge < -0.3 is 19.3 Å². The van der Waals surface area contributed by atoms with Crippen LogP contribution in [0.1, 0.15) is 53.4 Å². The van der Waals surface area contributed by atoms with Crippen LogP contribution in [0.4, 0.5) is 0 Å². The fraction of sp³-hybridized carbons (Fsp3) is 0.824. The molecule has 0 aromatic heterocycles. The number of carbonyl (C=O) groups is 3. The SMILES string of the molecule is CC(=O)OCC1(C)C(C)OC(=O)CC23CC(=O)OC2(C)CCC13O. The molecule has 2 saturated heterocycles. The lowest BCUT2D eigenvalue weighted by Crippen LogP contribution is -2.63. The summed E-state index contributed by atoms with van der Waals surface area (Å²) in [6.07, 6.45) is -0.0179. The summed E-state index contributed by atoms with van der Waals surface area (Å²) in [6, 6.07) is 0. The van der Waals surface area contributed by atoms with Crippen LogP contribution in [0.25, 0.3) is 0 Å². The van der Waals surface area contributed by atoms with Gasteiger partial charge in [0.15, 0.2) is 0 Å². The Bertz CT molecular complexity index is 616. The predicted octanol–water partition coefficient (Wildman–Crippen LogP) is 1.11. The van der Waals surface area contributed by atoms with Crippen LogP contribution >= 0.6 is 0 Å². The Hall–Kier alpha value is -1.63. The highest BCUT2D eigenvalue weighted by atomic mass is 16.6. The summed E-state index contributed by atoms with van der Waals surface area (Å²) in [7, 11) is 0. The van der Waals surface area contributed by atoms with Crippen molar-refractivity contribution in [3.05, 3.63) is 0 Å². The quantitative estimate of drug-likeness (QED) is 0.594. The van der Waals surface area contributed by atoms with Gasteiger partial charge in [-0.05, 0) is 33.6 Å². The number of ether oxygens (including phenoxy) is 3. The average Bonchev–Trinajstić information content (AvgIpc) is 2.81. The molecule has 3 rings (SSSR count). The lowest BCUT2D eigenvalue weighted by Gasteiger charge is -2.51. The van der Waals surface area contributed by atoms with Crippen molar-refractivity contribution in [3.63, 3.8) is 0 Å². The van der Waals surface area contributed by atoms with E-state index in [4.69, 9.17) is 14.2 Å². The normalized spacial score (nSPS) is 47.3. The molecule has 3 aliphatic rings. The number of hydrogen-bond acceptors (Lipinski definition) is 7. The van der Waals surface area contributed by atoms with Crippen LogP contribution in [-0.2, 0) is 28.6 Å². The number of aliphatic hydroxyl groups is 1. The Morgan fingerprint density at radius 3 is 2.50 bits per heavy atom. The van der Waals surface area contributed by atoms with Crippen LogP contribution in [0.15, 0.2) is 0 Å². The van der Waals surface area contributed by atoms with Gasteiger partial charge in [0, 0.05) is 6.92 Å². The van der Waals surface area contributed by atoms with E-state index in [1.54, 1.807) is 20.8 Å². The zero-order valence-corrected chi connectivity index (χ0v) is 14.5. The summed E-state index contributed by atoms with van der Waals surface area (Å²) < 4.78 is 16.2. The summed E-state index contributed by atoms with van der Waals surface area (Å²) in [4.78, 5) is 35.8. The summed E-state index contributed by atoms with van der Waals surface area (Å²) in [5, 5.41) is 11.8. The Kier molecular flexibility index (Phi) is 3.54. The van der Waals surface area contributed by atoms with E-state index in [2.05, 4.69) is 0 Å². The van der Waals surface area contributed by atoms with E-state index in [1.807, 2.05) is 0 Å². The molecule has 7 heteroatoms. The number of esters is 3. The van der Waals surface area contributed by atoms with E-state index in [0.29, 0.717) is 12.8 Å². The van der Waals surface area contributed by atoms with Crippen LogP contribution < -0.4 is 0 Å². The Morgan fingerprint density at radius 1 is 1.25 bits per heavy atom. The maximum Gasteiger partial charge on any atom is 0.307 e. The second-order valence-electron chi connectivity index (χ2n) is 7.83. The minimum Gasteiger partial charge on any atom is -0.465 e. The molecule has 3 fully saturated rings. The topological polar surface area (TPSA) is 99.1 Å². The van der Waals surface area contributed by atoms with Crippen LogP contribution in [0.2, 0.25) is 0 Å². The fourth-order valence-corrected chi connectivity index (χ4v) is 5.02. The first-order chi connectivity index (χ1) is 11.0.